The maximum absolute atomic E-state index is 11.5. The number of hydrogen-bond acceptors (Lipinski definition) is 4. The lowest BCUT2D eigenvalue weighted by atomic mass is 9.88. The van der Waals surface area contributed by atoms with Crippen molar-refractivity contribution in [2.75, 3.05) is 0 Å². The van der Waals surface area contributed by atoms with Crippen LogP contribution in [0.5, 0.6) is 0 Å². The van der Waals surface area contributed by atoms with Crippen molar-refractivity contribution in [3.8, 4) is 0 Å². The van der Waals surface area contributed by atoms with E-state index in [1.165, 1.54) is 16.7 Å². The fourth-order valence-corrected chi connectivity index (χ4v) is 4.10. The Kier molecular flexibility index (Phi) is 2.79. The zero-order chi connectivity index (χ0) is 13.6. The summed E-state index contributed by atoms with van der Waals surface area (Å²) >= 11 is 1.46. The van der Waals surface area contributed by atoms with Crippen LogP contribution < -0.4 is 5.73 Å². The Balaban J connectivity index is 1.88. The number of aliphatic carboxylic acids is 1. The van der Waals surface area contributed by atoms with E-state index in [2.05, 4.69) is 0 Å². The van der Waals surface area contributed by atoms with Crippen molar-refractivity contribution in [3.05, 3.63) is 34.9 Å². The van der Waals surface area contributed by atoms with Gasteiger partial charge in [0.15, 0.2) is 0 Å². The maximum atomic E-state index is 11.5. The minimum Gasteiger partial charge on any atom is -0.477 e. The third kappa shape index (κ3) is 2.01. The van der Waals surface area contributed by atoms with E-state index in [1.807, 2.05) is 24.3 Å². The van der Waals surface area contributed by atoms with E-state index in [1.54, 1.807) is 0 Å². The number of thioether (sulfide) groups is 1. The fraction of sp³-hybridized carbons (Fsp3) is 0.385. The minimum absolute atomic E-state index is 0.0414. The van der Waals surface area contributed by atoms with Crippen LogP contribution in [0.1, 0.15) is 19.3 Å². The third-order valence-electron chi connectivity index (χ3n) is 3.55. The molecule has 0 aromatic heterocycles. The summed E-state index contributed by atoms with van der Waals surface area (Å²) in [5.74, 6) is -1.16. The lowest BCUT2D eigenvalue weighted by Crippen LogP contribution is -2.48. The van der Waals surface area contributed by atoms with Gasteiger partial charge in [0.2, 0.25) is 5.91 Å². The molecule has 1 saturated heterocycles. The van der Waals surface area contributed by atoms with Crippen LogP contribution in [-0.2, 0) is 9.59 Å². The summed E-state index contributed by atoms with van der Waals surface area (Å²) in [5, 5.41) is 9.26. The van der Waals surface area contributed by atoms with E-state index >= 15 is 0 Å². The second-order valence-electron chi connectivity index (χ2n) is 5.02. The quantitative estimate of drug-likeness (QED) is 0.758. The number of rotatable bonds is 3. The molecule has 1 amide bonds. The second-order valence-corrected chi connectivity index (χ2v) is 6.29. The van der Waals surface area contributed by atoms with Crippen molar-refractivity contribution in [2.24, 2.45) is 5.73 Å². The Labute approximate surface area is 114 Å². The highest BCUT2D eigenvalue weighted by molar-refractivity contribution is 8.04. The van der Waals surface area contributed by atoms with E-state index in [0.29, 0.717) is 24.2 Å². The monoisotopic (exact) mass is 278 g/mol. The van der Waals surface area contributed by atoms with Gasteiger partial charge in [-0.1, -0.05) is 24.3 Å². The molecule has 1 fully saturated rings. The van der Waals surface area contributed by atoms with Crippen molar-refractivity contribution in [3.63, 3.8) is 0 Å². The number of carboxylic acids is 1. The summed E-state index contributed by atoms with van der Waals surface area (Å²) in [6.07, 6.45) is 9.23. The van der Waals surface area contributed by atoms with Crippen LogP contribution >= 0.6 is 11.8 Å². The number of amides is 1. The molecule has 0 saturated carbocycles. The molecular weight excluding hydrogens is 264 g/mol. The molecule has 1 aliphatic carbocycles. The molecule has 0 aromatic rings. The van der Waals surface area contributed by atoms with Crippen molar-refractivity contribution in [1.29, 1.82) is 0 Å². The van der Waals surface area contributed by atoms with Gasteiger partial charge >= 0.3 is 5.97 Å². The van der Waals surface area contributed by atoms with Gasteiger partial charge in [0, 0.05) is 16.9 Å². The van der Waals surface area contributed by atoms with Gasteiger partial charge in [0.25, 0.3) is 0 Å². The molecule has 0 radical (unpaired) electrons. The van der Waals surface area contributed by atoms with Gasteiger partial charge in [-0.15, -0.1) is 11.8 Å². The molecule has 3 rings (SSSR count). The van der Waals surface area contributed by atoms with Crippen LogP contribution in [0, 0.1) is 0 Å². The highest BCUT2D eigenvalue weighted by atomic mass is 32.2. The summed E-state index contributed by atoms with van der Waals surface area (Å²) < 4.78 is 0. The normalized spacial score (nSPS) is 32.6. The maximum Gasteiger partial charge on any atom is 0.353 e. The number of carbonyl (C=O) groups excluding carboxylic acids is 1. The average Bonchev–Trinajstić information content (AvgIpc) is 2.62. The van der Waals surface area contributed by atoms with E-state index in [0.717, 1.165) is 0 Å². The van der Waals surface area contributed by atoms with Gasteiger partial charge < -0.3 is 10.8 Å². The smallest absolute Gasteiger partial charge is 0.353 e. The Morgan fingerprint density at radius 1 is 1.58 bits per heavy atom. The molecule has 0 aromatic carbocycles. The molecule has 0 bridgehead atoms. The zero-order valence-corrected chi connectivity index (χ0v) is 11.0. The summed E-state index contributed by atoms with van der Waals surface area (Å²) in [5.41, 5.74) is 5.84. The standard InChI is InChI=1S/C13H14N2O3S/c14-13(4-2-1-3-5-13)7-8-11(12(17)18)15-9(16)6-10(15)19-8/h1-4,10H,5-7,14H2,(H,17,18)/t10-,13?/m1/s1. The van der Waals surface area contributed by atoms with E-state index < -0.39 is 11.5 Å². The van der Waals surface area contributed by atoms with Crippen LogP contribution in [-0.4, -0.2) is 32.8 Å². The zero-order valence-electron chi connectivity index (χ0n) is 10.2. The lowest BCUT2D eigenvalue weighted by Gasteiger charge is -2.33. The second kappa shape index (κ2) is 4.25. The van der Waals surface area contributed by atoms with Gasteiger partial charge in [0.05, 0.1) is 11.8 Å². The number of fused-ring (bicyclic) bond motifs is 1. The topological polar surface area (TPSA) is 83.6 Å². The number of allylic oxidation sites excluding steroid dienone is 2. The first-order chi connectivity index (χ1) is 9.00. The molecule has 3 aliphatic rings. The van der Waals surface area contributed by atoms with Gasteiger partial charge in [-0.05, 0) is 6.42 Å². The molecule has 0 spiro atoms. The van der Waals surface area contributed by atoms with Crippen molar-refractivity contribution < 1.29 is 14.7 Å². The highest BCUT2D eigenvalue weighted by Crippen LogP contribution is 2.48. The van der Waals surface area contributed by atoms with Crippen LogP contribution in [0.25, 0.3) is 0 Å². The Hall–Kier alpha value is -1.53. The first-order valence-electron chi connectivity index (χ1n) is 6.09. The predicted octanol–water partition coefficient (Wildman–Crippen LogP) is 1.19. The highest BCUT2D eigenvalue weighted by Gasteiger charge is 2.49. The third-order valence-corrected chi connectivity index (χ3v) is 4.83. The van der Waals surface area contributed by atoms with Gasteiger partial charge in [-0.3, -0.25) is 9.69 Å². The lowest BCUT2D eigenvalue weighted by molar-refractivity contribution is -0.145. The molecule has 19 heavy (non-hydrogen) atoms. The van der Waals surface area contributed by atoms with E-state index in [9.17, 15) is 14.7 Å². The summed E-state index contributed by atoms with van der Waals surface area (Å²) in [4.78, 5) is 25.0. The van der Waals surface area contributed by atoms with Crippen LogP contribution in [0.15, 0.2) is 34.9 Å². The van der Waals surface area contributed by atoms with Gasteiger partial charge in [-0.2, -0.15) is 0 Å². The molecule has 5 nitrogen and oxygen atoms in total. The predicted molar refractivity (Wildman–Crippen MR) is 71.9 cm³/mol. The largest absolute Gasteiger partial charge is 0.477 e. The number of nitrogens with zero attached hydrogens (tertiary/aromatic N) is 1. The summed E-state index contributed by atoms with van der Waals surface area (Å²) in [6.45, 7) is 0. The molecule has 2 aliphatic heterocycles. The van der Waals surface area contributed by atoms with Crippen LogP contribution in [0.4, 0.5) is 0 Å². The number of carbonyl (C=O) groups is 2. The summed E-state index contributed by atoms with van der Waals surface area (Å²) in [6, 6.07) is 0. The fourth-order valence-electron chi connectivity index (χ4n) is 2.56. The molecule has 100 valence electrons. The molecule has 6 heteroatoms. The first kappa shape index (κ1) is 12.5. The van der Waals surface area contributed by atoms with E-state index in [-0.39, 0.29) is 17.0 Å². The number of carboxylic acid groups (broad SMARTS) is 1. The Bertz CT molecular complexity index is 552. The SMILES string of the molecule is NC1(CC2=C(C(=O)O)N3C(=O)C[C@H]3S2)C=CC=CC1. The van der Waals surface area contributed by atoms with E-state index in [4.69, 9.17) is 5.73 Å². The van der Waals surface area contributed by atoms with Gasteiger partial charge in [0.1, 0.15) is 5.70 Å². The molecule has 1 unspecified atom stereocenters. The Morgan fingerprint density at radius 2 is 2.37 bits per heavy atom. The number of nitrogens with two attached hydrogens (primary N) is 1. The van der Waals surface area contributed by atoms with Crippen molar-refractivity contribution in [2.45, 2.75) is 30.2 Å². The van der Waals surface area contributed by atoms with Gasteiger partial charge in [-0.25, -0.2) is 4.79 Å². The average molecular weight is 278 g/mol. The number of β-lactam (4-membered cyclic amide) rings is 1. The van der Waals surface area contributed by atoms with Crippen molar-refractivity contribution >= 4 is 23.6 Å². The molecular formula is C13H14N2O3S. The van der Waals surface area contributed by atoms with Crippen LogP contribution in [0.3, 0.4) is 0 Å². The molecule has 3 N–H and O–H groups in total. The Morgan fingerprint density at radius 3 is 2.95 bits per heavy atom. The number of hydrogen-bond donors (Lipinski definition) is 2. The molecule has 2 atom stereocenters. The first-order valence-corrected chi connectivity index (χ1v) is 6.96. The molecule has 2 heterocycles. The minimum atomic E-state index is -1.04. The van der Waals surface area contributed by atoms with Crippen LogP contribution in [0.2, 0.25) is 0 Å². The van der Waals surface area contributed by atoms with Crippen molar-refractivity contribution in [1.82, 2.24) is 4.90 Å². The summed E-state index contributed by atoms with van der Waals surface area (Å²) in [7, 11) is 0.